The lowest BCUT2D eigenvalue weighted by molar-refractivity contribution is -0.340. The molecule has 2 aromatic heterocycles. The monoisotopic (exact) mass is 636 g/mol. The number of anilines is 1. The highest BCUT2D eigenvalue weighted by Gasteiger charge is 2.28. The van der Waals surface area contributed by atoms with E-state index in [0.29, 0.717) is 27.8 Å². The molecule has 9 nitrogen and oxygen atoms in total. The second kappa shape index (κ2) is 11.0. The molecule has 6 rings (SSSR count). The number of fused-ring (bicyclic) bond motifs is 2. The summed E-state index contributed by atoms with van der Waals surface area (Å²) in [5, 5.41) is 2.95. The number of nitrogens with zero attached hydrogens (tertiary/aromatic N) is 1. The molecule has 0 spiro atoms. The maximum absolute atomic E-state index is 14.5. The molecule has 230 valence electrons. The Kier molecular flexibility index (Phi) is 7.28. The number of aromatic nitrogens is 1. The third kappa shape index (κ3) is 5.14. The molecule has 0 atom stereocenters. The Bertz CT molecular complexity index is 2210. The molecule has 0 saturated heterocycles. The average Bonchev–Trinajstić information content (AvgIpc) is 3.64. The number of aromatic amines is 1. The number of carbonyl (C=O) groups excluding carboxylic acids is 1. The van der Waals surface area contributed by atoms with Crippen LogP contribution in [-0.2, 0) is 10.0 Å². The predicted molar refractivity (Wildman–Crippen MR) is 162 cm³/mol. The normalized spacial score (nSPS) is 11.7. The fraction of sp³-hybridized carbons (Fsp3) is 0.125. The molecular formula is C32H25F3N3O6S+. The summed E-state index contributed by atoms with van der Waals surface area (Å²) in [6.07, 6.45) is 1.04. The molecule has 0 bridgehead atoms. The van der Waals surface area contributed by atoms with Gasteiger partial charge < -0.3 is 18.9 Å². The Morgan fingerprint density at radius 1 is 0.911 bits per heavy atom. The summed E-state index contributed by atoms with van der Waals surface area (Å²) in [6.45, 7) is 0. The number of hydrogen-bond acceptors (Lipinski definition) is 6. The fourth-order valence-electron chi connectivity index (χ4n) is 5.12. The van der Waals surface area contributed by atoms with Crippen molar-refractivity contribution in [3.8, 4) is 39.7 Å². The molecule has 0 saturated carbocycles. The van der Waals surface area contributed by atoms with E-state index in [4.69, 9.17) is 13.6 Å². The smallest absolute Gasteiger partial charge is 0.383 e. The minimum absolute atomic E-state index is 0.0141. The van der Waals surface area contributed by atoms with E-state index in [9.17, 15) is 26.4 Å². The van der Waals surface area contributed by atoms with E-state index in [1.807, 2.05) is 0 Å². The molecule has 0 aliphatic carbocycles. The van der Waals surface area contributed by atoms with Gasteiger partial charge in [0.1, 0.15) is 28.5 Å². The number of rotatable bonds is 7. The maximum atomic E-state index is 14.5. The molecule has 2 heterocycles. The maximum Gasteiger partial charge on any atom is 0.383 e. The van der Waals surface area contributed by atoms with Gasteiger partial charge in [0.25, 0.3) is 11.4 Å². The van der Waals surface area contributed by atoms with Gasteiger partial charge in [0, 0.05) is 36.7 Å². The Labute approximate surface area is 254 Å². The van der Waals surface area contributed by atoms with E-state index in [0.717, 1.165) is 22.7 Å². The van der Waals surface area contributed by atoms with Crippen LogP contribution in [0.1, 0.15) is 10.4 Å². The summed E-state index contributed by atoms with van der Waals surface area (Å²) in [7, 11) is 0.431. The molecule has 0 fully saturated rings. The van der Waals surface area contributed by atoms with E-state index >= 15 is 0 Å². The predicted octanol–water partition coefficient (Wildman–Crippen LogP) is 6.18. The van der Waals surface area contributed by atoms with E-state index in [1.165, 1.54) is 51.5 Å². The highest BCUT2D eigenvalue weighted by molar-refractivity contribution is 7.92. The number of oxazole rings is 1. The second-order valence-corrected chi connectivity index (χ2v) is 12.2. The average molecular weight is 637 g/mol. The summed E-state index contributed by atoms with van der Waals surface area (Å²) in [4.78, 5) is 16.0. The van der Waals surface area contributed by atoms with Gasteiger partial charge in [0.05, 0.1) is 24.6 Å². The molecule has 0 unspecified atom stereocenters. The van der Waals surface area contributed by atoms with Gasteiger partial charge in [0.15, 0.2) is 11.6 Å². The third-order valence-corrected chi connectivity index (χ3v) is 8.65. The van der Waals surface area contributed by atoms with Crippen LogP contribution in [0.5, 0.6) is 5.75 Å². The molecule has 13 heteroatoms. The van der Waals surface area contributed by atoms with Crippen molar-refractivity contribution in [2.75, 3.05) is 31.8 Å². The van der Waals surface area contributed by atoms with Gasteiger partial charge >= 0.3 is 5.89 Å². The summed E-state index contributed by atoms with van der Waals surface area (Å²) in [5.41, 5.74) is 1.57. The molecule has 0 aliphatic rings. The lowest BCUT2D eigenvalue weighted by Crippen LogP contribution is -2.25. The van der Waals surface area contributed by atoms with Crippen molar-refractivity contribution in [1.82, 2.24) is 5.32 Å². The summed E-state index contributed by atoms with van der Waals surface area (Å²) >= 11 is 0. The SMILES string of the molecule is CNC(=O)c1c(-c2ccc(F)cc2)oc2cc(N(C)S(C)(=O)=O)c(-c3ccc(OC)c(-c4[nH+]c5c(F)ccc(F)c5o4)c3)cc12. The van der Waals surface area contributed by atoms with Crippen molar-refractivity contribution in [1.29, 1.82) is 0 Å². The molecule has 0 aliphatic heterocycles. The zero-order valence-corrected chi connectivity index (χ0v) is 25.1. The molecule has 0 radical (unpaired) electrons. The number of carbonyl (C=O) groups is 1. The molecule has 1 amide bonds. The zero-order chi connectivity index (χ0) is 32.2. The van der Waals surface area contributed by atoms with E-state index in [1.54, 1.807) is 24.3 Å². The first-order chi connectivity index (χ1) is 21.4. The van der Waals surface area contributed by atoms with Gasteiger partial charge in [-0.3, -0.25) is 9.10 Å². The molecule has 45 heavy (non-hydrogen) atoms. The van der Waals surface area contributed by atoms with Gasteiger partial charge in [-0.1, -0.05) is 6.07 Å². The summed E-state index contributed by atoms with van der Waals surface area (Å²) in [6, 6.07) is 15.3. The van der Waals surface area contributed by atoms with Gasteiger partial charge in [0.2, 0.25) is 15.6 Å². The zero-order valence-electron chi connectivity index (χ0n) is 24.3. The standard InChI is InChI=1S/C32H24F3N3O6S/c1-36-31(39)27-20-14-19(24(38(2)45(4,40)41)15-26(20)43-29(27)16-5-8-18(33)9-6-16)17-7-12-25(42-3)21(13-17)32-37-28-22(34)10-11-23(35)30(28)44-32/h5-15H,1-4H3,(H,36,39)/p+1. The number of H-pyrrole nitrogens is 1. The third-order valence-electron chi connectivity index (χ3n) is 7.46. The van der Waals surface area contributed by atoms with Crippen LogP contribution in [0.25, 0.3) is 56.0 Å². The lowest BCUT2D eigenvalue weighted by atomic mass is 9.97. The van der Waals surface area contributed by atoms with Crippen LogP contribution in [0.15, 0.2) is 75.6 Å². The minimum atomic E-state index is -3.80. The Morgan fingerprint density at radius 2 is 1.60 bits per heavy atom. The highest BCUT2D eigenvalue weighted by Crippen LogP contribution is 2.43. The number of ether oxygens (including phenoxy) is 1. The first-order valence-corrected chi connectivity index (χ1v) is 15.3. The number of methoxy groups -OCH3 is 1. The largest absolute Gasteiger partial charge is 0.496 e. The van der Waals surface area contributed by atoms with Crippen LogP contribution in [0, 0.1) is 17.5 Å². The fourth-order valence-corrected chi connectivity index (χ4v) is 5.63. The van der Waals surface area contributed by atoms with Crippen molar-refractivity contribution in [3.05, 3.63) is 89.7 Å². The van der Waals surface area contributed by atoms with Crippen LogP contribution in [-0.4, -0.2) is 41.8 Å². The Balaban J connectivity index is 1.64. The number of hydrogen-bond donors (Lipinski definition) is 1. The molecule has 2 N–H and O–H groups in total. The molecule has 6 aromatic rings. The van der Waals surface area contributed by atoms with Crippen molar-refractivity contribution >= 4 is 43.7 Å². The van der Waals surface area contributed by atoms with Crippen molar-refractivity contribution in [2.24, 2.45) is 0 Å². The molecule has 4 aromatic carbocycles. The van der Waals surface area contributed by atoms with Crippen LogP contribution in [0.4, 0.5) is 18.9 Å². The van der Waals surface area contributed by atoms with Gasteiger partial charge in [-0.15, -0.1) is 0 Å². The summed E-state index contributed by atoms with van der Waals surface area (Å²) < 4.78 is 86.6. The molecular weight excluding hydrogens is 611 g/mol. The van der Waals surface area contributed by atoms with Crippen molar-refractivity contribution in [2.45, 2.75) is 0 Å². The van der Waals surface area contributed by atoms with Crippen molar-refractivity contribution < 1.29 is 44.9 Å². The highest BCUT2D eigenvalue weighted by atomic mass is 32.2. The number of amides is 1. The topological polar surface area (TPSA) is 116 Å². The number of nitrogens with one attached hydrogen (secondary N) is 2. The van der Waals surface area contributed by atoms with Crippen LogP contribution in [0.2, 0.25) is 0 Å². The number of benzene rings is 4. The first-order valence-electron chi connectivity index (χ1n) is 13.4. The summed E-state index contributed by atoms with van der Waals surface area (Å²) in [5.74, 6) is -2.02. The van der Waals surface area contributed by atoms with E-state index in [-0.39, 0.29) is 45.1 Å². The Morgan fingerprint density at radius 3 is 2.24 bits per heavy atom. The van der Waals surface area contributed by atoms with E-state index in [2.05, 4.69) is 10.3 Å². The van der Waals surface area contributed by atoms with Gasteiger partial charge in [-0.05, 0) is 60.2 Å². The van der Waals surface area contributed by atoms with Gasteiger partial charge in [-0.25, -0.2) is 17.2 Å². The second-order valence-electron chi connectivity index (χ2n) is 10.2. The Hall–Kier alpha value is -5.30. The number of furan rings is 1. The number of sulfonamides is 1. The van der Waals surface area contributed by atoms with Crippen LogP contribution >= 0.6 is 0 Å². The first kappa shape index (κ1) is 29.8. The quantitative estimate of drug-likeness (QED) is 0.224. The van der Waals surface area contributed by atoms with Gasteiger partial charge in [-0.2, -0.15) is 9.37 Å². The van der Waals surface area contributed by atoms with Crippen molar-refractivity contribution in [3.63, 3.8) is 0 Å². The van der Waals surface area contributed by atoms with Crippen LogP contribution in [0.3, 0.4) is 0 Å². The minimum Gasteiger partial charge on any atom is -0.496 e. The lowest BCUT2D eigenvalue weighted by Gasteiger charge is -2.21. The van der Waals surface area contributed by atoms with E-state index < -0.39 is 33.4 Å². The van der Waals surface area contributed by atoms with Crippen LogP contribution < -0.4 is 19.3 Å². The number of halogens is 3.